The summed E-state index contributed by atoms with van der Waals surface area (Å²) in [5.74, 6) is -2.38. The number of rotatable bonds is 5. The van der Waals surface area contributed by atoms with Crippen LogP contribution in [-0.4, -0.2) is 27.4 Å². The summed E-state index contributed by atoms with van der Waals surface area (Å²) in [5.41, 5.74) is -4.29. The molecule has 0 radical (unpaired) electrons. The lowest BCUT2D eigenvalue weighted by Crippen LogP contribution is -2.57. The van der Waals surface area contributed by atoms with Crippen LogP contribution in [0.5, 0.6) is 0 Å². The molecule has 1 aromatic heterocycles. The number of halogens is 5. The normalized spacial score (nSPS) is 15.4. The summed E-state index contributed by atoms with van der Waals surface area (Å²) in [4.78, 5) is 17.0. The highest BCUT2D eigenvalue weighted by Crippen LogP contribution is 2.37. The van der Waals surface area contributed by atoms with E-state index in [0.29, 0.717) is 12.1 Å². The van der Waals surface area contributed by atoms with Gasteiger partial charge in [0.25, 0.3) is 0 Å². The Morgan fingerprint density at radius 3 is 2.23 bits per heavy atom. The van der Waals surface area contributed by atoms with Crippen LogP contribution in [0, 0.1) is 5.82 Å². The summed E-state index contributed by atoms with van der Waals surface area (Å²) >= 11 is 3.84. The monoisotopic (exact) mass is 466 g/mol. The van der Waals surface area contributed by atoms with Crippen molar-refractivity contribution in [1.29, 1.82) is 0 Å². The number of aromatic nitrogens is 1. The van der Waals surface area contributed by atoms with Gasteiger partial charge in [-0.3, -0.25) is 4.98 Å². The number of hydrogen-bond donors (Lipinski definition) is 1. The maximum atomic E-state index is 14.2. The van der Waals surface area contributed by atoms with Crippen molar-refractivity contribution in [3.8, 4) is 0 Å². The highest BCUT2D eigenvalue weighted by atomic mass is 35.5. The molecule has 1 aromatic carbocycles. The summed E-state index contributed by atoms with van der Waals surface area (Å²) in [6.45, 7) is 4.75. The third kappa shape index (κ3) is 5.05. The Morgan fingerprint density at radius 2 is 1.77 bits per heavy atom. The minimum Gasteiger partial charge on any atom is -0.598 e. The number of benzene rings is 1. The molecule has 1 unspecified atom stereocenters. The first-order valence-corrected chi connectivity index (χ1v) is 10.0. The van der Waals surface area contributed by atoms with Crippen molar-refractivity contribution in [3.63, 3.8) is 0 Å². The highest BCUT2D eigenvalue weighted by molar-refractivity contribution is 7.90. The zero-order valence-corrected chi connectivity index (χ0v) is 18.0. The second-order valence-corrected chi connectivity index (χ2v) is 9.72. The number of alkyl halides is 3. The molecule has 1 N–H and O–H groups in total. The molecular formula is C19H19ClF4N2O3S. The van der Waals surface area contributed by atoms with E-state index in [2.05, 4.69) is 9.71 Å². The van der Waals surface area contributed by atoms with E-state index in [1.165, 1.54) is 12.1 Å². The maximum absolute atomic E-state index is 14.2. The lowest BCUT2D eigenvalue weighted by molar-refractivity contribution is -0.147. The van der Waals surface area contributed by atoms with Gasteiger partial charge in [0.05, 0.1) is 23.4 Å². The Balaban J connectivity index is 2.88. The van der Waals surface area contributed by atoms with Gasteiger partial charge in [-0.15, -0.1) is 4.72 Å². The average Bonchev–Trinajstić information content (AvgIpc) is 2.64. The summed E-state index contributed by atoms with van der Waals surface area (Å²) in [7, 11) is 0.999. The van der Waals surface area contributed by atoms with Crippen LogP contribution >= 0.6 is 11.6 Å². The second-order valence-electron chi connectivity index (χ2n) is 7.31. The number of nitrogens with zero attached hydrogens (tertiary/aromatic N) is 1. The topological polar surface area (TPSA) is 74.3 Å². The Kier molecular flexibility index (Phi) is 7.07. The molecule has 0 spiro atoms. The number of carbonyl (C=O) groups excluding carboxylic acids is 1. The van der Waals surface area contributed by atoms with Gasteiger partial charge in [0, 0.05) is 17.6 Å². The van der Waals surface area contributed by atoms with Crippen molar-refractivity contribution in [2.24, 2.45) is 0 Å². The first kappa shape index (κ1) is 24.4. The van der Waals surface area contributed by atoms with Gasteiger partial charge in [0.1, 0.15) is 10.6 Å². The second kappa shape index (κ2) is 8.70. The third-order valence-electron chi connectivity index (χ3n) is 4.06. The van der Waals surface area contributed by atoms with Gasteiger partial charge < -0.3 is 9.29 Å². The van der Waals surface area contributed by atoms with Crippen molar-refractivity contribution in [2.45, 2.75) is 37.2 Å². The summed E-state index contributed by atoms with van der Waals surface area (Å²) in [5, 5.41) is 0.185. The first-order valence-electron chi connectivity index (χ1n) is 8.50. The molecule has 2 rings (SSSR count). The number of ether oxygens (including phenoxy) is 1. The molecule has 1 heterocycles. The highest BCUT2D eigenvalue weighted by Gasteiger charge is 2.51. The molecule has 2 atom stereocenters. The van der Waals surface area contributed by atoms with Gasteiger partial charge in [-0.1, -0.05) is 11.6 Å². The number of methoxy groups -OCH3 is 1. The van der Waals surface area contributed by atoms with E-state index >= 15 is 0 Å². The summed E-state index contributed by atoms with van der Waals surface area (Å²) in [6, 6.07) is 4.21. The van der Waals surface area contributed by atoms with Gasteiger partial charge in [-0.05, 0) is 56.7 Å². The third-order valence-corrected chi connectivity index (χ3v) is 5.89. The lowest BCUT2D eigenvalue weighted by Gasteiger charge is -2.35. The van der Waals surface area contributed by atoms with Crippen LogP contribution < -0.4 is 4.72 Å². The van der Waals surface area contributed by atoms with Crippen molar-refractivity contribution in [2.75, 3.05) is 7.11 Å². The SMILES string of the molecule is COC(=O)[C@](N[S+]([O-])C(C)(C)C)(c1cc(F)cc(C(F)(F)F)c1)c1ccc(Cl)cn1. The molecule has 0 aliphatic heterocycles. The summed E-state index contributed by atoms with van der Waals surface area (Å²) in [6.07, 6.45) is -3.74. The minimum atomic E-state index is -4.89. The van der Waals surface area contributed by atoms with Crippen LogP contribution in [0.2, 0.25) is 5.02 Å². The molecule has 164 valence electrons. The molecule has 0 saturated heterocycles. The first-order chi connectivity index (χ1) is 13.7. The van der Waals surface area contributed by atoms with Gasteiger partial charge in [0.2, 0.25) is 5.54 Å². The van der Waals surface area contributed by atoms with E-state index in [0.717, 1.165) is 19.4 Å². The van der Waals surface area contributed by atoms with Crippen LogP contribution in [0.4, 0.5) is 17.6 Å². The lowest BCUT2D eigenvalue weighted by atomic mass is 9.86. The zero-order valence-electron chi connectivity index (χ0n) is 16.4. The Labute approximate surface area is 179 Å². The number of nitrogens with one attached hydrogen (secondary N) is 1. The van der Waals surface area contributed by atoms with E-state index in [-0.39, 0.29) is 10.7 Å². The fourth-order valence-electron chi connectivity index (χ4n) is 2.54. The van der Waals surface area contributed by atoms with Crippen LogP contribution in [-0.2, 0) is 32.6 Å². The van der Waals surface area contributed by atoms with E-state index < -0.39 is 50.7 Å². The van der Waals surface area contributed by atoms with E-state index in [4.69, 9.17) is 16.3 Å². The van der Waals surface area contributed by atoms with E-state index in [1.54, 1.807) is 20.8 Å². The molecule has 0 aliphatic carbocycles. The maximum Gasteiger partial charge on any atom is 0.416 e. The van der Waals surface area contributed by atoms with Crippen molar-refractivity contribution in [3.05, 3.63) is 64.2 Å². The standard InChI is InChI=1S/C19H19ClF4N2O3S/c1-17(2,3)30(28)26-18(16(27)29-4,15-6-5-13(20)10-25-15)11-7-12(19(22,23)24)9-14(21)8-11/h5-10,26H,1-4H3/t18-,30?/m0/s1. The van der Waals surface area contributed by atoms with Crippen molar-refractivity contribution < 1.29 is 31.6 Å². The molecule has 0 saturated carbocycles. The zero-order chi connectivity index (χ0) is 22.9. The van der Waals surface area contributed by atoms with Gasteiger partial charge in [-0.2, -0.15) is 13.2 Å². The Hall–Kier alpha value is -1.88. The van der Waals surface area contributed by atoms with E-state index in [9.17, 15) is 26.9 Å². The predicted octanol–water partition coefficient (Wildman–Crippen LogP) is 4.36. The van der Waals surface area contributed by atoms with Crippen LogP contribution in [0.25, 0.3) is 0 Å². The number of esters is 1. The molecule has 0 aliphatic rings. The predicted molar refractivity (Wildman–Crippen MR) is 104 cm³/mol. The van der Waals surface area contributed by atoms with Crippen molar-refractivity contribution in [1.82, 2.24) is 9.71 Å². The fourth-order valence-corrected chi connectivity index (χ4v) is 3.54. The molecule has 30 heavy (non-hydrogen) atoms. The number of pyridine rings is 1. The Bertz CT molecular complexity index is 919. The van der Waals surface area contributed by atoms with Crippen molar-refractivity contribution >= 4 is 28.9 Å². The van der Waals surface area contributed by atoms with Gasteiger partial charge in [0.15, 0.2) is 0 Å². The van der Waals surface area contributed by atoms with Gasteiger partial charge >= 0.3 is 12.1 Å². The molecule has 0 amide bonds. The molecule has 5 nitrogen and oxygen atoms in total. The minimum absolute atomic E-state index is 0.171. The largest absolute Gasteiger partial charge is 0.598 e. The quantitative estimate of drug-likeness (QED) is 0.402. The van der Waals surface area contributed by atoms with Crippen LogP contribution in [0.15, 0.2) is 36.5 Å². The van der Waals surface area contributed by atoms with Crippen LogP contribution in [0.1, 0.15) is 37.6 Å². The Morgan fingerprint density at radius 1 is 1.17 bits per heavy atom. The number of carbonyl (C=O) groups is 1. The molecular weight excluding hydrogens is 448 g/mol. The fraction of sp³-hybridized carbons (Fsp3) is 0.368. The van der Waals surface area contributed by atoms with Gasteiger partial charge in [-0.25, -0.2) is 9.18 Å². The van der Waals surface area contributed by atoms with E-state index in [1.807, 2.05) is 0 Å². The summed E-state index contributed by atoms with van der Waals surface area (Å²) < 4.78 is 73.5. The smallest absolute Gasteiger partial charge is 0.416 e. The molecule has 0 fully saturated rings. The average molecular weight is 467 g/mol. The number of hydrogen-bond acceptors (Lipinski definition) is 5. The molecule has 0 bridgehead atoms. The molecule has 2 aromatic rings. The molecule has 11 heteroatoms. The van der Waals surface area contributed by atoms with Crippen LogP contribution in [0.3, 0.4) is 0 Å².